The number of aliphatic hydroxyl groups is 1. The fourth-order valence-electron chi connectivity index (χ4n) is 0.475. The Kier molecular flexibility index (Phi) is 6.68. The summed E-state index contributed by atoms with van der Waals surface area (Å²) in [6.45, 7) is 0.552. The Hall–Kier alpha value is 0.120. The number of rotatable bonds is 7. The first kappa shape index (κ1) is 12.1. The van der Waals surface area contributed by atoms with Crippen LogP contribution in [0.15, 0.2) is 0 Å². The van der Waals surface area contributed by atoms with Gasteiger partial charge in [0, 0.05) is 6.54 Å². The maximum absolute atomic E-state index is 10.7. The second-order valence-corrected chi connectivity index (χ2v) is 4.35. The van der Waals surface area contributed by atoms with E-state index in [0.717, 1.165) is 0 Å². The molecule has 0 bridgehead atoms. The first-order valence-electron chi connectivity index (χ1n) is 3.34. The lowest BCUT2D eigenvalue weighted by Gasteiger charge is -2.03. The summed E-state index contributed by atoms with van der Waals surface area (Å²) in [7, 11) is -3.33. The molecule has 0 unspecified atom stereocenters. The third kappa shape index (κ3) is 6.81. The molecule has 0 spiro atoms. The molecule has 74 valence electrons. The van der Waals surface area contributed by atoms with Crippen molar-refractivity contribution in [1.82, 2.24) is 4.72 Å². The Bertz CT molecular complexity index is 194. The van der Waals surface area contributed by atoms with Crippen LogP contribution in [0, 0.1) is 0 Å². The van der Waals surface area contributed by atoms with Gasteiger partial charge in [0.1, 0.15) is 5.21 Å². The van der Waals surface area contributed by atoms with Crippen LogP contribution >= 0.6 is 11.6 Å². The van der Waals surface area contributed by atoms with Crippen molar-refractivity contribution >= 4 is 21.6 Å². The number of nitrogens with one attached hydrogen (secondary N) is 1. The summed E-state index contributed by atoms with van der Waals surface area (Å²) in [5.41, 5.74) is 0. The standard InChI is InChI=1S/C5H12ClNO4S/c6-5-12(9,10)7-1-3-11-4-2-8/h7-8H,1-5H2. The van der Waals surface area contributed by atoms with Crippen molar-refractivity contribution in [3.63, 3.8) is 0 Å². The highest BCUT2D eigenvalue weighted by atomic mass is 35.5. The topological polar surface area (TPSA) is 75.6 Å². The second kappa shape index (κ2) is 6.62. The van der Waals surface area contributed by atoms with Gasteiger partial charge in [-0.25, -0.2) is 13.1 Å². The summed E-state index contributed by atoms with van der Waals surface area (Å²) < 4.78 is 28.4. The number of aliphatic hydroxyl groups excluding tert-OH is 1. The van der Waals surface area contributed by atoms with Gasteiger partial charge in [0.25, 0.3) is 0 Å². The molecular weight excluding hydrogens is 206 g/mol. The highest BCUT2D eigenvalue weighted by molar-refractivity contribution is 7.90. The van der Waals surface area contributed by atoms with E-state index in [2.05, 4.69) is 4.72 Å². The Morgan fingerprint density at radius 2 is 2.08 bits per heavy atom. The van der Waals surface area contributed by atoms with Crippen molar-refractivity contribution in [2.24, 2.45) is 0 Å². The quantitative estimate of drug-likeness (QED) is 0.429. The van der Waals surface area contributed by atoms with Crippen molar-refractivity contribution < 1.29 is 18.3 Å². The first-order valence-corrected chi connectivity index (χ1v) is 5.53. The number of hydrogen-bond acceptors (Lipinski definition) is 4. The van der Waals surface area contributed by atoms with E-state index in [-0.39, 0.29) is 26.4 Å². The number of hydrogen-bond donors (Lipinski definition) is 2. The number of ether oxygens (including phenoxy) is 1. The Morgan fingerprint density at radius 1 is 1.42 bits per heavy atom. The molecule has 12 heavy (non-hydrogen) atoms. The average molecular weight is 218 g/mol. The molecule has 0 aromatic heterocycles. The van der Waals surface area contributed by atoms with Crippen LogP contribution in [0.25, 0.3) is 0 Å². The third-order valence-corrected chi connectivity index (χ3v) is 2.74. The van der Waals surface area contributed by atoms with E-state index in [9.17, 15) is 8.42 Å². The molecule has 0 fully saturated rings. The molecule has 0 saturated carbocycles. The van der Waals surface area contributed by atoms with E-state index in [4.69, 9.17) is 21.4 Å². The summed E-state index contributed by atoms with van der Waals surface area (Å²) in [6, 6.07) is 0. The van der Waals surface area contributed by atoms with Crippen LogP contribution in [-0.2, 0) is 14.8 Å². The van der Waals surface area contributed by atoms with Crippen molar-refractivity contribution in [1.29, 1.82) is 0 Å². The van der Waals surface area contributed by atoms with Crippen LogP contribution in [0.1, 0.15) is 0 Å². The lowest BCUT2D eigenvalue weighted by atomic mass is 10.7. The van der Waals surface area contributed by atoms with Gasteiger partial charge in [-0.3, -0.25) is 0 Å². The maximum Gasteiger partial charge on any atom is 0.225 e. The van der Waals surface area contributed by atoms with E-state index in [0.29, 0.717) is 0 Å². The molecule has 0 rings (SSSR count). The van der Waals surface area contributed by atoms with Gasteiger partial charge in [-0.05, 0) is 0 Å². The van der Waals surface area contributed by atoms with Gasteiger partial charge in [-0.2, -0.15) is 0 Å². The average Bonchev–Trinajstić information content (AvgIpc) is 2.04. The maximum atomic E-state index is 10.7. The fourth-order valence-corrected chi connectivity index (χ4v) is 1.18. The minimum Gasteiger partial charge on any atom is -0.394 e. The van der Waals surface area contributed by atoms with Gasteiger partial charge in [-0.15, -0.1) is 11.6 Å². The molecule has 0 aliphatic heterocycles. The Labute approximate surface area is 76.7 Å². The smallest absolute Gasteiger partial charge is 0.225 e. The van der Waals surface area contributed by atoms with E-state index < -0.39 is 15.2 Å². The highest BCUT2D eigenvalue weighted by Crippen LogP contribution is 1.86. The summed E-state index contributed by atoms with van der Waals surface area (Å²) in [5.74, 6) is 0. The van der Waals surface area contributed by atoms with Gasteiger partial charge in [0.2, 0.25) is 10.0 Å². The predicted molar refractivity (Wildman–Crippen MR) is 45.5 cm³/mol. The highest BCUT2D eigenvalue weighted by Gasteiger charge is 2.05. The number of alkyl halides is 1. The zero-order chi connectivity index (χ0) is 9.45. The predicted octanol–water partition coefficient (Wildman–Crippen LogP) is -0.889. The molecule has 0 aliphatic carbocycles. The largest absolute Gasteiger partial charge is 0.394 e. The summed E-state index contributed by atoms with van der Waals surface area (Å²) in [4.78, 5) is 0. The molecule has 0 amide bonds. The van der Waals surface area contributed by atoms with Gasteiger partial charge in [0.15, 0.2) is 0 Å². The SMILES string of the molecule is O=S(=O)(CCl)NCCOCCO. The van der Waals surface area contributed by atoms with Crippen molar-refractivity contribution in [3.05, 3.63) is 0 Å². The van der Waals surface area contributed by atoms with Crippen LogP contribution in [0.5, 0.6) is 0 Å². The van der Waals surface area contributed by atoms with E-state index in [1.807, 2.05) is 0 Å². The lowest BCUT2D eigenvalue weighted by molar-refractivity contribution is 0.0961. The molecule has 0 atom stereocenters. The number of halogens is 1. The van der Waals surface area contributed by atoms with Crippen LogP contribution in [0.2, 0.25) is 0 Å². The lowest BCUT2D eigenvalue weighted by Crippen LogP contribution is -2.28. The number of sulfonamides is 1. The van der Waals surface area contributed by atoms with E-state index in [1.165, 1.54) is 0 Å². The summed E-state index contributed by atoms with van der Waals surface area (Å²) in [6.07, 6.45) is 0. The van der Waals surface area contributed by atoms with Crippen LogP contribution < -0.4 is 4.72 Å². The molecular formula is C5H12ClNO4S. The van der Waals surface area contributed by atoms with Gasteiger partial charge in [0.05, 0.1) is 19.8 Å². The molecule has 0 radical (unpaired) electrons. The van der Waals surface area contributed by atoms with Gasteiger partial charge >= 0.3 is 0 Å². The minimum atomic E-state index is -3.33. The Balaban J connectivity index is 3.32. The zero-order valence-corrected chi connectivity index (χ0v) is 8.07. The molecule has 0 aromatic rings. The van der Waals surface area contributed by atoms with Crippen molar-refractivity contribution in [2.45, 2.75) is 0 Å². The van der Waals surface area contributed by atoms with Crippen LogP contribution in [0.3, 0.4) is 0 Å². The van der Waals surface area contributed by atoms with Crippen LogP contribution in [0.4, 0.5) is 0 Å². The van der Waals surface area contributed by atoms with Crippen LogP contribution in [-0.4, -0.2) is 45.1 Å². The minimum absolute atomic E-state index is 0.0672. The van der Waals surface area contributed by atoms with E-state index >= 15 is 0 Å². The fraction of sp³-hybridized carbons (Fsp3) is 1.00. The normalized spacial score (nSPS) is 11.8. The molecule has 0 aliphatic rings. The van der Waals surface area contributed by atoms with E-state index in [1.54, 1.807) is 0 Å². The molecule has 5 nitrogen and oxygen atoms in total. The summed E-state index contributed by atoms with van der Waals surface area (Å²) >= 11 is 5.10. The molecule has 0 saturated heterocycles. The van der Waals surface area contributed by atoms with Gasteiger partial charge < -0.3 is 9.84 Å². The third-order valence-electron chi connectivity index (χ3n) is 0.948. The molecule has 0 aromatic carbocycles. The summed E-state index contributed by atoms with van der Waals surface area (Å²) in [5, 5.41) is 7.84. The zero-order valence-electron chi connectivity index (χ0n) is 6.49. The molecule has 2 N–H and O–H groups in total. The Morgan fingerprint density at radius 3 is 2.58 bits per heavy atom. The molecule has 7 heteroatoms. The molecule has 0 heterocycles. The monoisotopic (exact) mass is 217 g/mol. The van der Waals surface area contributed by atoms with Crippen molar-refractivity contribution in [3.8, 4) is 0 Å². The van der Waals surface area contributed by atoms with Gasteiger partial charge in [-0.1, -0.05) is 0 Å². The second-order valence-electron chi connectivity index (χ2n) is 1.95. The van der Waals surface area contributed by atoms with Crippen molar-refractivity contribution in [2.75, 3.05) is 31.6 Å². The first-order chi connectivity index (χ1) is 5.62.